The van der Waals surface area contributed by atoms with E-state index in [4.69, 9.17) is 0 Å². The molecule has 6 heteroatoms. The third kappa shape index (κ3) is 5.16. The molecule has 1 aromatic rings. The van der Waals surface area contributed by atoms with Crippen LogP contribution in [0, 0.1) is 12.8 Å². The Morgan fingerprint density at radius 1 is 1.09 bits per heavy atom. The minimum atomic E-state index is -0.113. The minimum Gasteiger partial charge on any atom is -0.338 e. The van der Waals surface area contributed by atoms with Crippen molar-refractivity contribution in [1.82, 2.24) is 15.1 Å². The van der Waals surface area contributed by atoms with Crippen molar-refractivity contribution in [3.8, 4) is 0 Å². The highest BCUT2D eigenvalue weighted by Crippen LogP contribution is 2.11. The molecule has 1 saturated heterocycles. The van der Waals surface area contributed by atoms with E-state index in [1.165, 1.54) is 0 Å². The molecule has 0 spiro atoms. The number of aryl methyl sites for hydroxylation is 1. The topological polar surface area (TPSA) is 64.7 Å². The Labute approximate surface area is 137 Å². The quantitative estimate of drug-likeness (QED) is 0.899. The summed E-state index contributed by atoms with van der Waals surface area (Å²) in [5, 5.41) is 5.81. The van der Waals surface area contributed by atoms with Crippen molar-refractivity contribution >= 4 is 17.7 Å². The Morgan fingerprint density at radius 3 is 2.26 bits per heavy atom. The van der Waals surface area contributed by atoms with E-state index in [-0.39, 0.29) is 12.1 Å². The normalized spacial score (nSPS) is 14.8. The van der Waals surface area contributed by atoms with Crippen molar-refractivity contribution in [2.45, 2.75) is 20.8 Å². The summed E-state index contributed by atoms with van der Waals surface area (Å²) in [5.41, 5.74) is 1.90. The minimum absolute atomic E-state index is 0.0440. The summed E-state index contributed by atoms with van der Waals surface area (Å²) >= 11 is 0. The summed E-state index contributed by atoms with van der Waals surface area (Å²) in [4.78, 5) is 27.8. The Kier molecular flexibility index (Phi) is 5.84. The molecular weight excluding hydrogens is 292 g/mol. The van der Waals surface area contributed by atoms with Crippen LogP contribution < -0.4 is 10.6 Å². The number of nitrogens with zero attached hydrogens (tertiary/aromatic N) is 2. The molecule has 0 aromatic heterocycles. The zero-order chi connectivity index (χ0) is 16.8. The van der Waals surface area contributed by atoms with Crippen LogP contribution in [0.25, 0.3) is 0 Å². The second-order valence-electron chi connectivity index (χ2n) is 6.35. The first-order chi connectivity index (χ1) is 11.0. The number of carbonyl (C=O) groups excluding carboxylic acids is 2. The van der Waals surface area contributed by atoms with Crippen molar-refractivity contribution < 1.29 is 9.59 Å². The maximum atomic E-state index is 12.3. The summed E-state index contributed by atoms with van der Waals surface area (Å²) < 4.78 is 0. The van der Waals surface area contributed by atoms with Crippen molar-refractivity contribution in [2.24, 2.45) is 5.92 Å². The molecule has 126 valence electrons. The van der Waals surface area contributed by atoms with E-state index < -0.39 is 0 Å². The van der Waals surface area contributed by atoms with Gasteiger partial charge in [0.2, 0.25) is 0 Å². The van der Waals surface area contributed by atoms with Gasteiger partial charge in [0.25, 0.3) is 0 Å². The lowest BCUT2D eigenvalue weighted by molar-refractivity contribution is 0.148. The number of anilines is 1. The fourth-order valence-corrected chi connectivity index (χ4v) is 2.44. The zero-order valence-electron chi connectivity index (χ0n) is 14.1. The smallest absolute Gasteiger partial charge is 0.321 e. The molecule has 1 aliphatic heterocycles. The summed E-state index contributed by atoms with van der Waals surface area (Å²) in [5.74, 6) is 0.431. The number of amides is 4. The molecule has 1 aromatic carbocycles. The Balaban J connectivity index is 1.79. The highest BCUT2D eigenvalue weighted by Gasteiger charge is 2.24. The van der Waals surface area contributed by atoms with Crippen molar-refractivity contribution in [3.63, 3.8) is 0 Å². The van der Waals surface area contributed by atoms with Crippen molar-refractivity contribution in [1.29, 1.82) is 0 Å². The molecule has 23 heavy (non-hydrogen) atoms. The van der Waals surface area contributed by atoms with Gasteiger partial charge in [-0.3, -0.25) is 0 Å². The van der Waals surface area contributed by atoms with E-state index in [9.17, 15) is 9.59 Å². The molecule has 1 heterocycles. The van der Waals surface area contributed by atoms with Crippen LogP contribution in [0.5, 0.6) is 0 Å². The molecule has 1 aliphatic rings. The van der Waals surface area contributed by atoms with Gasteiger partial charge in [-0.2, -0.15) is 0 Å². The van der Waals surface area contributed by atoms with E-state index in [0.717, 1.165) is 11.3 Å². The van der Waals surface area contributed by atoms with Gasteiger partial charge in [-0.15, -0.1) is 0 Å². The van der Waals surface area contributed by atoms with Gasteiger partial charge in [0.1, 0.15) is 0 Å². The molecular formula is C17H26N4O2. The molecule has 0 atom stereocenters. The van der Waals surface area contributed by atoms with Gasteiger partial charge >= 0.3 is 12.1 Å². The first-order valence-corrected chi connectivity index (χ1v) is 8.11. The summed E-state index contributed by atoms with van der Waals surface area (Å²) in [7, 11) is 0. The van der Waals surface area contributed by atoms with Crippen LogP contribution in [0.1, 0.15) is 19.4 Å². The number of urea groups is 2. The highest BCUT2D eigenvalue weighted by atomic mass is 16.2. The Morgan fingerprint density at radius 2 is 1.70 bits per heavy atom. The molecule has 6 nitrogen and oxygen atoms in total. The van der Waals surface area contributed by atoms with Gasteiger partial charge in [-0.1, -0.05) is 26.0 Å². The van der Waals surface area contributed by atoms with Gasteiger partial charge in [0.15, 0.2) is 0 Å². The first-order valence-electron chi connectivity index (χ1n) is 8.11. The summed E-state index contributed by atoms with van der Waals surface area (Å²) in [6.45, 7) is 9.01. The van der Waals surface area contributed by atoms with Crippen LogP contribution in [0.15, 0.2) is 24.3 Å². The highest BCUT2D eigenvalue weighted by molar-refractivity contribution is 5.89. The van der Waals surface area contributed by atoms with Crippen LogP contribution in [0.2, 0.25) is 0 Å². The summed E-state index contributed by atoms with van der Waals surface area (Å²) in [6.07, 6.45) is 0. The fourth-order valence-electron chi connectivity index (χ4n) is 2.44. The van der Waals surface area contributed by atoms with Gasteiger partial charge in [0.05, 0.1) is 0 Å². The van der Waals surface area contributed by atoms with Crippen LogP contribution in [-0.2, 0) is 0 Å². The number of rotatable bonds is 3. The van der Waals surface area contributed by atoms with E-state index in [1.54, 1.807) is 9.80 Å². The van der Waals surface area contributed by atoms with E-state index >= 15 is 0 Å². The molecule has 1 fully saturated rings. The number of carbonyl (C=O) groups is 2. The predicted octanol–water partition coefficient (Wildman–Crippen LogP) is 2.51. The lowest BCUT2D eigenvalue weighted by Crippen LogP contribution is -2.54. The second kappa shape index (κ2) is 7.85. The zero-order valence-corrected chi connectivity index (χ0v) is 14.1. The molecule has 0 unspecified atom stereocenters. The molecule has 0 saturated carbocycles. The SMILES string of the molecule is Cc1cccc(NC(=O)N2CCN(C(=O)NCC(C)C)CC2)c1. The third-order valence-electron chi connectivity index (χ3n) is 3.78. The third-order valence-corrected chi connectivity index (χ3v) is 3.78. The van der Waals surface area contributed by atoms with Crippen LogP contribution in [0.4, 0.5) is 15.3 Å². The average Bonchev–Trinajstić information content (AvgIpc) is 2.52. The Hall–Kier alpha value is -2.24. The second-order valence-corrected chi connectivity index (χ2v) is 6.35. The van der Waals surface area contributed by atoms with Crippen molar-refractivity contribution in [3.05, 3.63) is 29.8 Å². The fraction of sp³-hybridized carbons (Fsp3) is 0.529. The van der Waals surface area contributed by atoms with Gasteiger partial charge in [0, 0.05) is 38.4 Å². The molecule has 0 aliphatic carbocycles. The first kappa shape index (κ1) is 17.1. The number of hydrogen-bond donors (Lipinski definition) is 2. The number of benzene rings is 1. The molecule has 0 bridgehead atoms. The van der Waals surface area contributed by atoms with E-state index in [2.05, 4.69) is 24.5 Å². The number of nitrogens with one attached hydrogen (secondary N) is 2. The lowest BCUT2D eigenvalue weighted by atomic mass is 10.2. The van der Waals surface area contributed by atoms with Gasteiger partial charge < -0.3 is 20.4 Å². The molecule has 0 radical (unpaired) electrons. The monoisotopic (exact) mass is 318 g/mol. The van der Waals surface area contributed by atoms with Crippen LogP contribution in [0.3, 0.4) is 0 Å². The van der Waals surface area contributed by atoms with Crippen molar-refractivity contribution in [2.75, 3.05) is 38.0 Å². The largest absolute Gasteiger partial charge is 0.338 e. The van der Waals surface area contributed by atoms with E-state index in [1.807, 2.05) is 31.2 Å². The Bertz CT molecular complexity index is 551. The maximum absolute atomic E-state index is 12.3. The predicted molar refractivity (Wildman–Crippen MR) is 91.6 cm³/mol. The van der Waals surface area contributed by atoms with Gasteiger partial charge in [-0.05, 0) is 30.5 Å². The summed E-state index contributed by atoms with van der Waals surface area (Å²) in [6, 6.07) is 7.57. The number of hydrogen-bond acceptors (Lipinski definition) is 2. The maximum Gasteiger partial charge on any atom is 0.321 e. The molecule has 2 rings (SSSR count). The van der Waals surface area contributed by atoms with Gasteiger partial charge in [-0.25, -0.2) is 9.59 Å². The lowest BCUT2D eigenvalue weighted by Gasteiger charge is -2.34. The average molecular weight is 318 g/mol. The molecule has 2 N–H and O–H groups in total. The van der Waals surface area contributed by atoms with Crippen LogP contribution >= 0.6 is 0 Å². The van der Waals surface area contributed by atoms with Crippen LogP contribution in [-0.4, -0.2) is 54.6 Å². The number of piperazine rings is 1. The van der Waals surface area contributed by atoms with E-state index in [0.29, 0.717) is 38.6 Å². The standard InChI is InChI=1S/C17H26N4O2/c1-13(2)12-18-16(22)20-7-9-21(10-8-20)17(23)19-15-6-4-5-14(3)11-15/h4-6,11,13H,7-10,12H2,1-3H3,(H,18,22)(H,19,23). The molecule has 4 amide bonds.